The molecule has 1 saturated carbocycles. The summed E-state index contributed by atoms with van der Waals surface area (Å²) in [6.07, 6.45) is 4.35. The van der Waals surface area contributed by atoms with Gasteiger partial charge in [-0.2, -0.15) is 0 Å². The molecule has 1 aromatic rings. The molecule has 1 aliphatic carbocycles. The summed E-state index contributed by atoms with van der Waals surface area (Å²) in [4.78, 5) is 15.8. The van der Waals surface area contributed by atoms with Crippen molar-refractivity contribution in [2.75, 3.05) is 5.32 Å². The van der Waals surface area contributed by atoms with Gasteiger partial charge < -0.3 is 11.1 Å². The molecule has 4 nitrogen and oxygen atoms in total. The fourth-order valence-corrected chi connectivity index (χ4v) is 1.96. The van der Waals surface area contributed by atoms with Crippen LogP contribution in [0.3, 0.4) is 0 Å². The van der Waals surface area contributed by atoms with Crippen molar-refractivity contribution in [2.24, 2.45) is 11.7 Å². The first-order valence-electron chi connectivity index (χ1n) is 5.74. The lowest BCUT2D eigenvalue weighted by atomic mass is 10.1. The van der Waals surface area contributed by atoms with Crippen molar-refractivity contribution in [1.29, 1.82) is 0 Å². The Labute approximate surface area is 109 Å². The summed E-state index contributed by atoms with van der Waals surface area (Å²) in [7, 11) is 0. The van der Waals surface area contributed by atoms with Crippen LogP contribution >= 0.6 is 15.9 Å². The van der Waals surface area contributed by atoms with Crippen LogP contribution in [0.1, 0.15) is 24.8 Å². The van der Waals surface area contributed by atoms with Gasteiger partial charge in [-0.3, -0.25) is 4.79 Å². The third-order valence-electron chi connectivity index (χ3n) is 2.95. The van der Waals surface area contributed by atoms with E-state index in [1.54, 1.807) is 6.20 Å². The van der Waals surface area contributed by atoms with E-state index in [-0.39, 0.29) is 11.9 Å². The van der Waals surface area contributed by atoms with Gasteiger partial charge in [0.1, 0.15) is 4.60 Å². The Morgan fingerprint density at radius 1 is 1.71 bits per heavy atom. The molecule has 3 N–H and O–H groups in total. The van der Waals surface area contributed by atoms with Gasteiger partial charge in [-0.1, -0.05) is 0 Å². The number of nitrogens with one attached hydrogen (secondary N) is 1. The largest absolute Gasteiger partial charge is 0.327 e. The third kappa shape index (κ3) is 3.51. The van der Waals surface area contributed by atoms with Gasteiger partial charge in [0.25, 0.3) is 0 Å². The molecule has 1 aliphatic rings. The lowest BCUT2D eigenvalue weighted by Crippen LogP contribution is -2.28. The number of amides is 1. The highest BCUT2D eigenvalue weighted by atomic mass is 79.9. The highest BCUT2D eigenvalue weighted by Gasteiger charge is 2.29. The lowest BCUT2D eigenvalue weighted by molar-refractivity contribution is -0.116. The van der Waals surface area contributed by atoms with Gasteiger partial charge in [-0.15, -0.1) is 0 Å². The number of anilines is 1. The molecule has 0 aromatic carbocycles. The lowest BCUT2D eigenvalue weighted by Gasteiger charge is -2.10. The molecule has 1 heterocycles. The standard InChI is InChI=1S/C12H16BrN3O/c1-7-4-9(6-15-12(7)13)16-11(17)5-10(14)8-2-3-8/h4,6,8,10H,2-3,5,14H2,1H3,(H,16,17). The molecule has 17 heavy (non-hydrogen) atoms. The Kier molecular flexibility index (Phi) is 3.79. The summed E-state index contributed by atoms with van der Waals surface area (Å²) in [6.45, 7) is 1.93. The average molecular weight is 298 g/mol. The maximum Gasteiger partial charge on any atom is 0.225 e. The molecular formula is C12H16BrN3O. The number of nitrogens with zero attached hydrogens (tertiary/aromatic N) is 1. The number of hydrogen-bond donors (Lipinski definition) is 2. The highest BCUT2D eigenvalue weighted by molar-refractivity contribution is 9.10. The number of carbonyl (C=O) groups is 1. The Morgan fingerprint density at radius 2 is 2.41 bits per heavy atom. The van der Waals surface area contributed by atoms with E-state index in [1.165, 1.54) is 0 Å². The molecular weight excluding hydrogens is 282 g/mol. The number of aromatic nitrogens is 1. The second-order valence-corrected chi connectivity index (χ2v) is 5.34. The van der Waals surface area contributed by atoms with E-state index in [0.717, 1.165) is 28.7 Å². The maximum absolute atomic E-state index is 11.7. The monoisotopic (exact) mass is 297 g/mol. The number of aryl methyl sites for hydroxylation is 1. The van der Waals surface area contributed by atoms with Crippen LogP contribution in [0.25, 0.3) is 0 Å². The highest BCUT2D eigenvalue weighted by Crippen LogP contribution is 2.32. The van der Waals surface area contributed by atoms with Crippen LogP contribution in [-0.4, -0.2) is 16.9 Å². The fourth-order valence-electron chi connectivity index (χ4n) is 1.74. The predicted molar refractivity (Wildman–Crippen MR) is 70.6 cm³/mol. The topological polar surface area (TPSA) is 68.0 Å². The number of nitrogens with two attached hydrogens (primary N) is 1. The zero-order valence-corrected chi connectivity index (χ0v) is 11.3. The van der Waals surface area contributed by atoms with E-state index < -0.39 is 0 Å². The summed E-state index contributed by atoms with van der Waals surface area (Å²) < 4.78 is 0.796. The van der Waals surface area contributed by atoms with Gasteiger partial charge in [-0.25, -0.2) is 4.98 Å². The Hall–Kier alpha value is -0.940. The number of carbonyl (C=O) groups excluding carboxylic acids is 1. The summed E-state index contributed by atoms with van der Waals surface area (Å²) in [5.41, 5.74) is 7.62. The molecule has 0 radical (unpaired) electrons. The number of pyridine rings is 1. The molecule has 2 rings (SSSR count). The van der Waals surface area contributed by atoms with Crippen molar-refractivity contribution in [2.45, 2.75) is 32.2 Å². The normalized spacial score (nSPS) is 16.6. The van der Waals surface area contributed by atoms with E-state index in [9.17, 15) is 4.79 Å². The first kappa shape index (κ1) is 12.5. The molecule has 1 aromatic heterocycles. The van der Waals surface area contributed by atoms with Gasteiger partial charge in [0.05, 0.1) is 11.9 Å². The minimum Gasteiger partial charge on any atom is -0.327 e. The number of hydrogen-bond acceptors (Lipinski definition) is 3. The zero-order valence-electron chi connectivity index (χ0n) is 9.74. The minimum absolute atomic E-state index is 0.000459. The van der Waals surface area contributed by atoms with E-state index in [0.29, 0.717) is 12.3 Å². The van der Waals surface area contributed by atoms with Gasteiger partial charge in [0, 0.05) is 12.5 Å². The molecule has 0 spiro atoms. The van der Waals surface area contributed by atoms with Crippen LogP contribution in [0, 0.1) is 12.8 Å². The van der Waals surface area contributed by atoms with Crippen molar-refractivity contribution >= 4 is 27.5 Å². The molecule has 1 atom stereocenters. The Balaban J connectivity index is 1.90. The van der Waals surface area contributed by atoms with Crippen LogP contribution in [0.5, 0.6) is 0 Å². The molecule has 1 amide bonds. The third-order valence-corrected chi connectivity index (χ3v) is 3.78. The second-order valence-electron chi connectivity index (χ2n) is 4.59. The summed E-state index contributed by atoms with van der Waals surface area (Å²) >= 11 is 3.32. The Morgan fingerprint density at radius 3 is 3.00 bits per heavy atom. The van der Waals surface area contributed by atoms with Gasteiger partial charge in [0.15, 0.2) is 0 Å². The first-order chi connectivity index (χ1) is 8.06. The van der Waals surface area contributed by atoms with E-state index >= 15 is 0 Å². The van der Waals surface area contributed by atoms with Crippen molar-refractivity contribution < 1.29 is 4.79 Å². The maximum atomic E-state index is 11.7. The van der Waals surface area contributed by atoms with Gasteiger partial charge >= 0.3 is 0 Å². The van der Waals surface area contributed by atoms with Crippen molar-refractivity contribution in [1.82, 2.24) is 4.98 Å². The van der Waals surface area contributed by atoms with Crippen LogP contribution in [0.4, 0.5) is 5.69 Å². The summed E-state index contributed by atoms with van der Waals surface area (Å²) in [6, 6.07) is 1.89. The molecule has 1 unspecified atom stereocenters. The van der Waals surface area contributed by atoms with Crippen LogP contribution in [0.15, 0.2) is 16.9 Å². The number of rotatable bonds is 4. The molecule has 0 aliphatic heterocycles. The van der Waals surface area contributed by atoms with Gasteiger partial charge in [0.2, 0.25) is 5.91 Å². The quantitative estimate of drug-likeness (QED) is 0.838. The predicted octanol–water partition coefficient (Wildman–Crippen LogP) is 2.22. The SMILES string of the molecule is Cc1cc(NC(=O)CC(N)C2CC2)cnc1Br. The Bertz CT molecular complexity index is 432. The van der Waals surface area contributed by atoms with Crippen LogP contribution in [-0.2, 0) is 4.79 Å². The minimum atomic E-state index is -0.0343. The smallest absolute Gasteiger partial charge is 0.225 e. The summed E-state index contributed by atoms with van der Waals surface area (Å²) in [5, 5.41) is 2.82. The van der Waals surface area contributed by atoms with Crippen molar-refractivity contribution in [3.63, 3.8) is 0 Å². The fraction of sp³-hybridized carbons (Fsp3) is 0.500. The van der Waals surface area contributed by atoms with Gasteiger partial charge in [-0.05, 0) is 53.2 Å². The van der Waals surface area contributed by atoms with Crippen LogP contribution in [0.2, 0.25) is 0 Å². The van der Waals surface area contributed by atoms with Crippen molar-refractivity contribution in [3.05, 3.63) is 22.4 Å². The van der Waals surface area contributed by atoms with Crippen molar-refractivity contribution in [3.8, 4) is 0 Å². The van der Waals surface area contributed by atoms with E-state index in [2.05, 4.69) is 26.2 Å². The molecule has 0 saturated heterocycles. The summed E-state index contributed by atoms with van der Waals surface area (Å²) in [5.74, 6) is 0.512. The van der Waals surface area contributed by atoms with E-state index in [4.69, 9.17) is 5.73 Å². The first-order valence-corrected chi connectivity index (χ1v) is 6.53. The number of halogens is 1. The zero-order chi connectivity index (χ0) is 12.4. The molecule has 5 heteroatoms. The van der Waals surface area contributed by atoms with Crippen LogP contribution < -0.4 is 11.1 Å². The van der Waals surface area contributed by atoms with E-state index in [1.807, 2.05) is 13.0 Å². The molecule has 92 valence electrons. The average Bonchev–Trinajstić information content (AvgIpc) is 3.06. The molecule has 0 bridgehead atoms. The second kappa shape index (κ2) is 5.14. The molecule has 1 fully saturated rings.